The number of ether oxygens (including phenoxy) is 2. The van der Waals surface area contributed by atoms with Gasteiger partial charge in [-0.25, -0.2) is 9.97 Å². The Kier molecular flexibility index (Phi) is 7.48. The van der Waals surface area contributed by atoms with Crippen molar-refractivity contribution >= 4 is 45.9 Å². The van der Waals surface area contributed by atoms with Crippen molar-refractivity contribution in [3.8, 4) is 11.5 Å². The first-order valence-electron chi connectivity index (χ1n) is 17.2. The Balaban J connectivity index is 0.890. The summed E-state index contributed by atoms with van der Waals surface area (Å²) in [7, 11) is 0. The van der Waals surface area contributed by atoms with Crippen LogP contribution < -0.4 is 25.4 Å². The summed E-state index contributed by atoms with van der Waals surface area (Å²) in [5.41, 5.74) is 11.2. The van der Waals surface area contributed by atoms with Gasteiger partial charge >= 0.3 is 0 Å². The van der Waals surface area contributed by atoms with Crippen LogP contribution in [0.4, 0.5) is 17.3 Å². The summed E-state index contributed by atoms with van der Waals surface area (Å²) in [5.74, 6) is 1.65. The van der Waals surface area contributed by atoms with Crippen LogP contribution >= 0.6 is 0 Å². The van der Waals surface area contributed by atoms with E-state index in [2.05, 4.69) is 31.2 Å². The molecule has 6 heterocycles. The van der Waals surface area contributed by atoms with Crippen LogP contribution in [0.15, 0.2) is 79.1 Å². The molecule has 0 aliphatic carbocycles. The summed E-state index contributed by atoms with van der Waals surface area (Å²) >= 11 is 0. The number of benzene rings is 3. The van der Waals surface area contributed by atoms with Crippen LogP contribution in [0.2, 0.25) is 0 Å². The second-order valence-electron chi connectivity index (χ2n) is 13.6. The molecular weight excluding hydrogens is 648 g/mol. The third kappa shape index (κ3) is 5.45. The number of fused-ring (bicyclic) bond motifs is 5. The minimum Gasteiger partial charge on any atom is -0.454 e. The third-order valence-corrected chi connectivity index (χ3v) is 10.5. The van der Waals surface area contributed by atoms with E-state index < -0.39 is 12.1 Å². The average Bonchev–Trinajstić information content (AvgIpc) is 3.78. The quantitative estimate of drug-likeness (QED) is 0.224. The zero-order valence-electron chi connectivity index (χ0n) is 27.7. The number of hydrogen-bond acceptors (Lipinski definition) is 9. The van der Waals surface area contributed by atoms with Crippen LogP contribution in [0.3, 0.4) is 0 Å². The molecule has 0 saturated carbocycles. The molecular formula is C38H36N8O5. The van der Waals surface area contributed by atoms with Crippen LogP contribution in [0.5, 0.6) is 11.5 Å². The molecule has 51 heavy (non-hydrogen) atoms. The number of nitrogens with one attached hydrogen (secondary N) is 2. The molecule has 9 rings (SSSR count). The summed E-state index contributed by atoms with van der Waals surface area (Å²) in [6, 6.07) is 19.8. The Morgan fingerprint density at radius 2 is 1.73 bits per heavy atom. The molecule has 5 aromatic rings. The molecule has 2 saturated heterocycles. The third-order valence-electron chi connectivity index (χ3n) is 10.5. The van der Waals surface area contributed by atoms with Gasteiger partial charge in [0.05, 0.1) is 29.5 Å². The molecule has 4 aliphatic rings. The number of piperazine rings is 1. The van der Waals surface area contributed by atoms with Crippen molar-refractivity contribution in [2.75, 3.05) is 48.9 Å². The molecule has 0 spiro atoms. The molecule has 4 aliphatic heterocycles. The summed E-state index contributed by atoms with van der Waals surface area (Å²) in [5, 5.41) is 3.87. The number of carbonyl (C=O) groups is 3. The van der Waals surface area contributed by atoms with Gasteiger partial charge < -0.3 is 40.2 Å². The van der Waals surface area contributed by atoms with E-state index in [4.69, 9.17) is 15.2 Å². The number of piperidine rings is 1. The van der Waals surface area contributed by atoms with E-state index in [0.717, 1.165) is 40.6 Å². The highest BCUT2D eigenvalue weighted by Crippen LogP contribution is 2.45. The van der Waals surface area contributed by atoms with E-state index in [1.165, 1.54) is 12.4 Å². The molecule has 2 atom stereocenters. The van der Waals surface area contributed by atoms with Gasteiger partial charge in [0, 0.05) is 55.0 Å². The van der Waals surface area contributed by atoms with Gasteiger partial charge in [-0.1, -0.05) is 36.4 Å². The number of H-pyrrole nitrogens is 1. The zero-order valence-corrected chi connectivity index (χ0v) is 27.7. The minimum atomic E-state index is -0.615. The van der Waals surface area contributed by atoms with Gasteiger partial charge in [0.1, 0.15) is 6.04 Å². The molecule has 0 unspecified atom stereocenters. The highest BCUT2D eigenvalue weighted by Gasteiger charge is 2.48. The van der Waals surface area contributed by atoms with E-state index in [0.29, 0.717) is 60.4 Å². The lowest BCUT2D eigenvalue weighted by Gasteiger charge is -2.48. The summed E-state index contributed by atoms with van der Waals surface area (Å²) in [6.07, 6.45) is 5.12. The first-order valence-corrected chi connectivity index (χ1v) is 17.2. The Hall–Kier alpha value is -6.11. The number of carbonyl (C=O) groups excluding carboxylic acids is 3. The summed E-state index contributed by atoms with van der Waals surface area (Å²) < 4.78 is 11.3. The number of anilines is 3. The number of nitrogens with zero attached hydrogens (tertiary/aromatic N) is 5. The predicted octanol–water partition coefficient (Wildman–Crippen LogP) is 4.12. The largest absolute Gasteiger partial charge is 0.454 e. The van der Waals surface area contributed by atoms with Gasteiger partial charge in [-0.15, -0.1) is 0 Å². The Labute approximate surface area is 293 Å². The summed E-state index contributed by atoms with van der Waals surface area (Å²) in [4.78, 5) is 59.3. The first-order chi connectivity index (χ1) is 24.9. The van der Waals surface area contributed by atoms with Crippen molar-refractivity contribution in [2.45, 2.75) is 31.3 Å². The highest BCUT2D eigenvalue weighted by molar-refractivity contribution is 6.05. The first kappa shape index (κ1) is 30.9. The molecule has 258 valence electrons. The monoisotopic (exact) mass is 684 g/mol. The van der Waals surface area contributed by atoms with Gasteiger partial charge in [-0.05, 0) is 60.2 Å². The minimum absolute atomic E-state index is 0.0202. The normalized spacial score (nSPS) is 20.0. The number of para-hydroxylation sites is 3. The number of nitrogen functional groups attached to an aromatic ring is 1. The second-order valence-corrected chi connectivity index (χ2v) is 13.6. The van der Waals surface area contributed by atoms with Crippen LogP contribution in [0.1, 0.15) is 46.1 Å². The molecule has 3 aromatic carbocycles. The SMILES string of the molecule is Nc1ccccc1NC(=O)c1cnc(N2CCC(CN3CC(=O)N4[C@H](c5ccc6c(c5)OCO6)c5[nH]c6ccccc6c5C[C@H]4C3=O)CC2)nc1. The van der Waals surface area contributed by atoms with Crippen LogP contribution in [0, 0.1) is 5.92 Å². The lowest BCUT2D eigenvalue weighted by Crippen LogP contribution is -2.63. The van der Waals surface area contributed by atoms with E-state index in [9.17, 15) is 14.4 Å². The molecule has 0 radical (unpaired) electrons. The van der Waals surface area contributed by atoms with Gasteiger partial charge in [0.25, 0.3) is 5.91 Å². The lowest BCUT2D eigenvalue weighted by atomic mass is 9.85. The van der Waals surface area contributed by atoms with Crippen LogP contribution in [-0.4, -0.2) is 81.5 Å². The summed E-state index contributed by atoms with van der Waals surface area (Å²) in [6.45, 7) is 2.11. The van der Waals surface area contributed by atoms with Crippen LogP contribution in [0.25, 0.3) is 10.9 Å². The van der Waals surface area contributed by atoms with E-state index in [-0.39, 0.29) is 37.0 Å². The standard InChI is InChI=1S/C38H36N8O5/c39-27-6-2-4-8-29(27)43-36(48)24-17-40-38(41-18-24)44-13-11-22(12-14-44)19-45-20-33(47)46-30(37(45)49)16-26-25-5-1-3-7-28(25)42-34(26)35(46)23-9-10-31-32(15-23)51-21-50-31/h1-10,15,17-18,22,30,35,42H,11-14,16,19-21,39H2,(H,43,48)/t30-,35+/m0/s1. The lowest BCUT2D eigenvalue weighted by molar-refractivity contribution is -0.159. The van der Waals surface area contributed by atoms with Crippen molar-refractivity contribution in [2.24, 2.45) is 5.92 Å². The Morgan fingerprint density at radius 1 is 0.961 bits per heavy atom. The van der Waals surface area contributed by atoms with Crippen molar-refractivity contribution in [1.29, 1.82) is 0 Å². The number of rotatable bonds is 6. The Bertz CT molecular complexity index is 2180. The second kappa shape index (κ2) is 12.3. The molecule has 4 N–H and O–H groups in total. The maximum atomic E-state index is 14.3. The van der Waals surface area contributed by atoms with Gasteiger partial charge in [-0.2, -0.15) is 0 Å². The number of aromatic amines is 1. The van der Waals surface area contributed by atoms with Gasteiger partial charge in [-0.3, -0.25) is 14.4 Å². The maximum absolute atomic E-state index is 14.3. The molecule has 13 nitrogen and oxygen atoms in total. The van der Waals surface area contributed by atoms with Crippen molar-refractivity contribution < 1.29 is 23.9 Å². The van der Waals surface area contributed by atoms with Gasteiger partial charge in [0.15, 0.2) is 11.5 Å². The molecule has 0 bridgehead atoms. The smallest absolute Gasteiger partial charge is 0.258 e. The van der Waals surface area contributed by atoms with E-state index >= 15 is 0 Å². The van der Waals surface area contributed by atoms with E-state index in [1.807, 2.05) is 36.4 Å². The van der Waals surface area contributed by atoms with Crippen molar-refractivity contribution in [3.05, 3.63) is 102 Å². The molecule has 3 amide bonds. The number of aromatic nitrogens is 3. The van der Waals surface area contributed by atoms with Gasteiger partial charge in [0.2, 0.25) is 24.6 Å². The van der Waals surface area contributed by atoms with Crippen LogP contribution in [-0.2, 0) is 16.0 Å². The molecule has 13 heteroatoms. The fourth-order valence-electron chi connectivity index (χ4n) is 7.94. The number of hydrogen-bond donors (Lipinski definition) is 3. The predicted molar refractivity (Wildman–Crippen MR) is 189 cm³/mol. The number of nitrogens with two attached hydrogens (primary N) is 1. The highest BCUT2D eigenvalue weighted by atomic mass is 16.7. The van der Waals surface area contributed by atoms with Crippen molar-refractivity contribution in [3.63, 3.8) is 0 Å². The van der Waals surface area contributed by atoms with Crippen molar-refractivity contribution in [1.82, 2.24) is 24.8 Å². The maximum Gasteiger partial charge on any atom is 0.258 e. The zero-order chi connectivity index (χ0) is 34.6. The fourth-order valence-corrected chi connectivity index (χ4v) is 7.94. The molecule has 2 aromatic heterocycles. The Morgan fingerprint density at radius 3 is 2.55 bits per heavy atom. The average molecular weight is 685 g/mol. The topological polar surface area (TPSA) is 159 Å². The number of amides is 3. The fraction of sp³-hybridized carbons (Fsp3) is 0.289. The van der Waals surface area contributed by atoms with E-state index in [1.54, 1.807) is 34.1 Å². The molecule has 2 fully saturated rings.